The number of anilines is 2. The van der Waals surface area contributed by atoms with Crippen molar-refractivity contribution in [3.05, 3.63) is 66.4 Å². The van der Waals surface area contributed by atoms with E-state index in [1.165, 1.54) is 7.11 Å². The number of esters is 1. The highest BCUT2D eigenvalue weighted by atomic mass is 16.5. The molecule has 2 N–H and O–H groups in total. The normalized spacial score (nSPS) is 10.2. The van der Waals surface area contributed by atoms with Gasteiger partial charge in [-0.2, -0.15) is 0 Å². The van der Waals surface area contributed by atoms with Crippen molar-refractivity contribution in [1.29, 1.82) is 0 Å². The lowest BCUT2D eigenvalue weighted by atomic mass is 10.2. The van der Waals surface area contributed by atoms with Crippen molar-refractivity contribution >= 4 is 34.3 Å². The number of para-hydroxylation sites is 1. The number of urea groups is 1. The van der Waals surface area contributed by atoms with Crippen LogP contribution in [0.15, 0.2) is 60.8 Å². The maximum atomic E-state index is 12.2. The van der Waals surface area contributed by atoms with Gasteiger partial charge in [0.15, 0.2) is 0 Å². The number of rotatable bonds is 3. The fraction of sp³-hybridized carbons (Fsp3) is 0.0556. The number of pyridine rings is 1. The zero-order valence-corrected chi connectivity index (χ0v) is 12.9. The number of hydrogen-bond acceptors (Lipinski definition) is 4. The second kappa shape index (κ2) is 6.78. The molecule has 24 heavy (non-hydrogen) atoms. The van der Waals surface area contributed by atoms with E-state index in [1.807, 2.05) is 24.3 Å². The first-order valence-corrected chi connectivity index (χ1v) is 7.27. The highest BCUT2D eigenvalue weighted by molar-refractivity contribution is 6.05. The molecule has 6 heteroatoms. The summed E-state index contributed by atoms with van der Waals surface area (Å²) in [6, 6.07) is 15.4. The summed E-state index contributed by atoms with van der Waals surface area (Å²) >= 11 is 0. The minimum atomic E-state index is -0.461. The summed E-state index contributed by atoms with van der Waals surface area (Å²) in [6.45, 7) is 0. The van der Waals surface area contributed by atoms with Crippen LogP contribution in [0.4, 0.5) is 16.2 Å². The van der Waals surface area contributed by atoms with Crippen LogP contribution in [0.5, 0.6) is 0 Å². The van der Waals surface area contributed by atoms with Crippen molar-refractivity contribution in [1.82, 2.24) is 4.98 Å². The number of ether oxygens (including phenoxy) is 1. The zero-order chi connectivity index (χ0) is 16.9. The van der Waals surface area contributed by atoms with E-state index in [0.29, 0.717) is 22.5 Å². The fourth-order valence-corrected chi connectivity index (χ4v) is 2.33. The molecule has 0 spiro atoms. The smallest absolute Gasteiger partial charge is 0.337 e. The highest BCUT2D eigenvalue weighted by Crippen LogP contribution is 2.21. The van der Waals surface area contributed by atoms with Crippen molar-refractivity contribution in [2.75, 3.05) is 17.7 Å². The molecule has 0 aliphatic rings. The Morgan fingerprint density at radius 2 is 1.79 bits per heavy atom. The molecule has 0 saturated heterocycles. The Labute approximate surface area is 138 Å². The van der Waals surface area contributed by atoms with Gasteiger partial charge < -0.3 is 15.4 Å². The molecule has 0 saturated carbocycles. The van der Waals surface area contributed by atoms with Gasteiger partial charge in [-0.25, -0.2) is 9.59 Å². The molecule has 1 heterocycles. The molecule has 0 aliphatic heterocycles. The highest BCUT2D eigenvalue weighted by Gasteiger charge is 2.09. The summed E-state index contributed by atoms with van der Waals surface area (Å²) in [7, 11) is 1.31. The molecule has 0 bridgehead atoms. The van der Waals surface area contributed by atoms with Gasteiger partial charge in [-0.3, -0.25) is 4.98 Å². The molecule has 0 radical (unpaired) electrons. The first-order chi connectivity index (χ1) is 11.7. The largest absolute Gasteiger partial charge is 0.465 e. The van der Waals surface area contributed by atoms with Crippen molar-refractivity contribution < 1.29 is 14.3 Å². The maximum absolute atomic E-state index is 12.2. The van der Waals surface area contributed by atoms with Gasteiger partial charge in [-0.05, 0) is 30.3 Å². The molecule has 0 aliphatic carbocycles. The van der Waals surface area contributed by atoms with Gasteiger partial charge in [0.1, 0.15) is 0 Å². The molecule has 2 aromatic carbocycles. The van der Waals surface area contributed by atoms with Crippen LogP contribution in [0.1, 0.15) is 10.4 Å². The third-order valence-corrected chi connectivity index (χ3v) is 3.42. The molecule has 120 valence electrons. The number of hydrogen-bond donors (Lipinski definition) is 2. The van der Waals surface area contributed by atoms with E-state index < -0.39 is 12.0 Å². The summed E-state index contributed by atoms with van der Waals surface area (Å²) in [5.74, 6) is -0.461. The Morgan fingerprint density at radius 3 is 2.62 bits per heavy atom. The van der Waals surface area contributed by atoms with Crippen molar-refractivity contribution in [3.63, 3.8) is 0 Å². The van der Waals surface area contributed by atoms with Crippen molar-refractivity contribution in [2.45, 2.75) is 0 Å². The minimum Gasteiger partial charge on any atom is -0.465 e. The predicted octanol–water partition coefficient (Wildman–Crippen LogP) is 3.67. The van der Waals surface area contributed by atoms with Crippen LogP contribution in [-0.2, 0) is 4.74 Å². The summed E-state index contributed by atoms with van der Waals surface area (Å²) < 4.78 is 4.66. The first-order valence-electron chi connectivity index (χ1n) is 7.27. The van der Waals surface area contributed by atoms with E-state index >= 15 is 0 Å². The Balaban J connectivity index is 1.77. The Morgan fingerprint density at radius 1 is 1.00 bits per heavy atom. The van der Waals surface area contributed by atoms with Crippen LogP contribution < -0.4 is 10.6 Å². The number of fused-ring (bicyclic) bond motifs is 1. The number of nitrogens with zero attached hydrogens (tertiary/aromatic N) is 1. The number of benzene rings is 2. The van der Waals surface area contributed by atoms with Crippen molar-refractivity contribution in [3.8, 4) is 0 Å². The summed E-state index contributed by atoms with van der Waals surface area (Å²) in [4.78, 5) is 28.0. The van der Waals surface area contributed by atoms with Crippen LogP contribution in [-0.4, -0.2) is 24.1 Å². The van der Waals surface area contributed by atoms with Gasteiger partial charge in [0.05, 0.1) is 23.9 Å². The third-order valence-electron chi connectivity index (χ3n) is 3.42. The molecule has 0 unspecified atom stereocenters. The SMILES string of the molecule is COC(=O)c1cccc(NC(=O)Nc2cccc3cccnc23)c1. The molecular formula is C18H15N3O3. The Bertz CT molecular complexity index is 903. The van der Waals surface area contributed by atoms with Gasteiger partial charge >= 0.3 is 12.0 Å². The van der Waals surface area contributed by atoms with Crippen LogP contribution in [0.25, 0.3) is 10.9 Å². The Kier molecular flexibility index (Phi) is 4.38. The van der Waals surface area contributed by atoms with E-state index in [9.17, 15) is 9.59 Å². The molecule has 3 aromatic rings. The lowest BCUT2D eigenvalue weighted by molar-refractivity contribution is 0.0600. The van der Waals surface area contributed by atoms with Crippen LogP contribution >= 0.6 is 0 Å². The molecule has 1 aromatic heterocycles. The van der Waals surface area contributed by atoms with Gasteiger partial charge in [0, 0.05) is 17.3 Å². The first kappa shape index (κ1) is 15.5. The molecule has 3 rings (SSSR count). The standard InChI is InChI=1S/C18H15N3O3/c1-24-17(22)13-6-2-8-14(11-13)20-18(23)21-15-9-3-5-12-7-4-10-19-16(12)15/h2-11H,1H3,(H2,20,21,23). The van der Waals surface area contributed by atoms with Crippen molar-refractivity contribution in [2.24, 2.45) is 0 Å². The van der Waals surface area contributed by atoms with E-state index in [-0.39, 0.29) is 0 Å². The molecule has 0 fully saturated rings. The number of carbonyl (C=O) groups excluding carboxylic acids is 2. The summed E-state index contributed by atoms with van der Waals surface area (Å²) in [6.07, 6.45) is 1.67. The average molecular weight is 321 g/mol. The Hall–Kier alpha value is -3.41. The van der Waals surface area contributed by atoms with Gasteiger partial charge in [-0.1, -0.05) is 24.3 Å². The van der Waals surface area contributed by atoms with E-state index in [2.05, 4.69) is 20.4 Å². The summed E-state index contributed by atoms with van der Waals surface area (Å²) in [5, 5.41) is 6.39. The van der Waals surface area contributed by atoms with Gasteiger partial charge in [0.25, 0.3) is 0 Å². The van der Waals surface area contributed by atoms with E-state index in [4.69, 9.17) is 0 Å². The fourth-order valence-electron chi connectivity index (χ4n) is 2.33. The monoisotopic (exact) mass is 321 g/mol. The molecule has 0 atom stereocenters. The quantitative estimate of drug-likeness (QED) is 0.721. The number of nitrogens with one attached hydrogen (secondary N) is 2. The maximum Gasteiger partial charge on any atom is 0.337 e. The topological polar surface area (TPSA) is 80.3 Å². The van der Waals surface area contributed by atoms with E-state index in [0.717, 1.165) is 5.39 Å². The number of methoxy groups -OCH3 is 1. The number of aromatic nitrogens is 1. The predicted molar refractivity (Wildman–Crippen MR) is 92.2 cm³/mol. The van der Waals surface area contributed by atoms with E-state index in [1.54, 1.807) is 36.5 Å². The lowest BCUT2D eigenvalue weighted by Crippen LogP contribution is -2.20. The second-order valence-corrected chi connectivity index (χ2v) is 5.03. The zero-order valence-electron chi connectivity index (χ0n) is 12.9. The minimum absolute atomic E-state index is 0.363. The second-order valence-electron chi connectivity index (χ2n) is 5.03. The molecule has 2 amide bonds. The molecular weight excluding hydrogens is 306 g/mol. The summed E-state index contributed by atoms with van der Waals surface area (Å²) in [5.41, 5.74) is 2.17. The number of amides is 2. The van der Waals surface area contributed by atoms with Gasteiger partial charge in [-0.15, -0.1) is 0 Å². The van der Waals surface area contributed by atoms with Crippen LogP contribution in [0, 0.1) is 0 Å². The van der Waals surface area contributed by atoms with Crippen LogP contribution in [0.2, 0.25) is 0 Å². The molecule has 6 nitrogen and oxygen atoms in total. The lowest BCUT2D eigenvalue weighted by Gasteiger charge is -2.10. The van der Waals surface area contributed by atoms with Gasteiger partial charge in [0.2, 0.25) is 0 Å². The third kappa shape index (κ3) is 3.33. The average Bonchev–Trinajstić information content (AvgIpc) is 2.61. The number of carbonyl (C=O) groups is 2. The van der Waals surface area contributed by atoms with Crippen LogP contribution in [0.3, 0.4) is 0 Å².